The zero-order chi connectivity index (χ0) is 13.1. The molecule has 1 fully saturated rings. The first-order valence-corrected chi connectivity index (χ1v) is 6.86. The summed E-state index contributed by atoms with van der Waals surface area (Å²) in [6, 6.07) is 5.66. The zero-order valence-electron chi connectivity index (χ0n) is 10.7. The van der Waals surface area contributed by atoms with Crippen LogP contribution in [0.1, 0.15) is 15.9 Å². The second-order valence-electron chi connectivity index (χ2n) is 4.70. The number of carbonyl (C=O) groups is 1. The van der Waals surface area contributed by atoms with Crippen LogP contribution >= 0.6 is 15.9 Å². The van der Waals surface area contributed by atoms with Crippen molar-refractivity contribution in [3.63, 3.8) is 0 Å². The van der Waals surface area contributed by atoms with Gasteiger partial charge in [-0.05, 0) is 31.7 Å². The summed E-state index contributed by atoms with van der Waals surface area (Å²) in [6.07, 6.45) is 0. The molecule has 0 saturated carbocycles. The molecule has 1 heterocycles. The Bertz CT molecular complexity index is 442. The van der Waals surface area contributed by atoms with Crippen LogP contribution in [0.5, 0.6) is 0 Å². The Morgan fingerprint density at radius 3 is 2.56 bits per heavy atom. The standard InChI is InChI=1S/C13H18BrN3O/c1-10-3-4-11(9-12(10)14)13(18)15-17-7-5-16(2)6-8-17/h3-4,9H,5-8H2,1-2H3,(H,15,18). The third-order valence-corrected chi connectivity index (χ3v) is 4.05. The van der Waals surface area contributed by atoms with Crippen LogP contribution in [0.3, 0.4) is 0 Å². The van der Waals surface area contributed by atoms with Crippen LogP contribution in [0.4, 0.5) is 0 Å². The Kier molecular flexibility index (Phi) is 4.37. The minimum Gasteiger partial charge on any atom is -0.304 e. The zero-order valence-corrected chi connectivity index (χ0v) is 12.3. The number of nitrogens with one attached hydrogen (secondary N) is 1. The van der Waals surface area contributed by atoms with Crippen LogP contribution in [0.25, 0.3) is 0 Å². The van der Waals surface area contributed by atoms with Crippen LogP contribution in [0, 0.1) is 6.92 Å². The largest absolute Gasteiger partial charge is 0.304 e. The van der Waals surface area contributed by atoms with Gasteiger partial charge in [-0.25, -0.2) is 5.01 Å². The van der Waals surface area contributed by atoms with Crippen LogP contribution < -0.4 is 5.43 Å². The third kappa shape index (κ3) is 3.31. The highest BCUT2D eigenvalue weighted by atomic mass is 79.9. The number of halogens is 1. The van der Waals surface area contributed by atoms with E-state index in [0.717, 1.165) is 36.2 Å². The molecule has 18 heavy (non-hydrogen) atoms. The molecule has 0 unspecified atom stereocenters. The highest BCUT2D eigenvalue weighted by molar-refractivity contribution is 9.10. The van der Waals surface area contributed by atoms with Crippen LogP contribution in [0.2, 0.25) is 0 Å². The average molecular weight is 312 g/mol. The molecule has 0 radical (unpaired) electrons. The molecule has 0 bridgehead atoms. The van der Waals surface area contributed by atoms with Gasteiger partial charge >= 0.3 is 0 Å². The third-order valence-electron chi connectivity index (χ3n) is 3.20. The highest BCUT2D eigenvalue weighted by Gasteiger charge is 2.16. The van der Waals surface area contributed by atoms with Gasteiger partial charge in [-0.15, -0.1) is 0 Å². The second kappa shape index (κ2) is 5.82. The summed E-state index contributed by atoms with van der Waals surface area (Å²) in [4.78, 5) is 14.3. The number of hydrazine groups is 1. The molecular formula is C13H18BrN3O. The van der Waals surface area contributed by atoms with Crippen molar-refractivity contribution in [1.82, 2.24) is 15.3 Å². The van der Waals surface area contributed by atoms with Gasteiger partial charge in [0.15, 0.2) is 0 Å². The molecule has 1 N–H and O–H groups in total. The summed E-state index contributed by atoms with van der Waals surface area (Å²) >= 11 is 3.45. The summed E-state index contributed by atoms with van der Waals surface area (Å²) in [5.74, 6) is -0.0414. The molecule has 1 amide bonds. The van der Waals surface area contributed by atoms with Crippen molar-refractivity contribution in [2.75, 3.05) is 33.2 Å². The van der Waals surface area contributed by atoms with Crippen molar-refractivity contribution >= 4 is 21.8 Å². The fourth-order valence-electron chi connectivity index (χ4n) is 1.86. The fourth-order valence-corrected chi connectivity index (χ4v) is 2.24. The van der Waals surface area contributed by atoms with E-state index in [9.17, 15) is 4.79 Å². The van der Waals surface area contributed by atoms with E-state index in [0.29, 0.717) is 5.56 Å². The number of hydrogen-bond donors (Lipinski definition) is 1. The number of amides is 1. The summed E-state index contributed by atoms with van der Waals surface area (Å²) in [7, 11) is 2.09. The Hall–Kier alpha value is -0.910. The molecule has 1 aliphatic rings. The minimum absolute atomic E-state index is 0.0414. The van der Waals surface area contributed by atoms with E-state index in [4.69, 9.17) is 0 Å². The number of aryl methyl sites for hydroxylation is 1. The predicted octanol–water partition coefficient (Wildman–Crippen LogP) is 1.65. The first kappa shape index (κ1) is 13.5. The van der Waals surface area contributed by atoms with Crippen molar-refractivity contribution in [2.24, 2.45) is 0 Å². The molecule has 0 aliphatic carbocycles. The van der Waals surface area contributed by atoms with Crippen LogP contribution in [-0.2, 0) is 0 Å². The van der Waals surface area contributed by atoms with Gasteiger partial charge in [0.25, 0.3) is 5.91 Å². The van der Waals surface area contributed by atoms with Crippen LogP contribution in [0.15, 0.2) is 22.7 Å². The first-order valence-electron chi connectivity index (χ1n) is 6.07. The molecule has 5 heteroatoms. The minimum atomic E-state index is -0.0414. The molecule has 98 valence electrons. The van der Waals surface area contributed by atoms with Crippen molar-refractivity contribution in [3.8, 4) is 0 Å². The maximum Gasteiger partial charge on any atom is 0.265 e. The first-order chi connectivity index (χ1) is 8.56. The molecule has 1 saturated heterocycles. The van der Waals surface area contributed by atoms with Crippen molar-refractivity contribution in [1.29, 1.82) is 0 Å². The second-order valence-corrected chi connectivity index (χ2v) is 5.55. The number of benzene rings is 1. The smallest absolute Gasteiger partial charge is 0.265 e. The van der Waals surface area contributed by atoms with Crippen LogP contribution in [-0.4, -0.2) is 49.0 Å². The molecule has 1 aromatic carbocycles. The molecule has 4 nitrogen and oxygen atoms in total. The maximum atomic E-state index is 12.1. The molecule has 0 atom stereocenters. The summed E-state index contributed by atoms with van der Waals surface area (Å²) in [6.45, 7) is 5.71. The lowest BCUT2D eigenvalue weighted by atomic mass is 10.1. The molecule has 1 aliphatic heterocycles. The molecule has 2 rings (SSSR count). The number of hydrogen-bond acceptors (Lipinski definition) is 3. The topological polar surface area (TPSA) is 35.6 Å². The number of piperazine rings is 1. The molecule has 1 aromatic rings. The monoisotopic (exact) mass is 311 g/mol. The van der Waals surface area contributed by atoms with E-state index in [-0.39, 0.29) is 5.91 Å². The van der Waals surface area contributed by atoms with E-state index >= 15 is 0 Å². The van der Waals surface area contributed by atoms with Crippen molar-refractivity contribution in [2.45, 2.75) is 6.92 Å². The average Bonchev–Trinajstić information content (AvgIpc) is 2.35. The Morgan fingerprint density at radius 2 is 1.94 bits per heavy atom. The summed E-state index contributed by atoms with van der Waals surface area (Å²) < 4.78 is 0.966. The number of carbonyl (C=O) groups excluding carboxylic acids is 1. The summed E-state index contributed by atoms with van der Waals surface area (Å²) in [5, 5.41) is 1.98. The Morgan fingerprint density at radius 1 is 1.28 bits per heavy atom. The number of rotatable bonds is 2. The SMILES string of the molecule is Cc1ccc(C(=O)NN2CCN(C)CC2)cc1Br. The lowest BCUT2D eigenvalue weighted by molar-refractivity contribution is 0.0662. The van der Waals surface area contributed by atoms with Gasteiger partial charge in [-0.1, -0.05) is 22.0 Å². The van der Waals surface area contributed by atoms with Gasteiger partial charge in [0.1, 0.15) is 0 Å². The summed E-state index contributed by atoms with van der Waals surface area (Å²) in [5.41, 5.74) is 4.77. The van der Waals surface area contributed by atoms with Gasteiger partial charge in [-0.2, -0.15) is 0 Å². The quantitative estimate of drug-likeness (QED) is 0.902. The maximum absolute atomic E-state index is 12.1. The highest BCUT2D eigenvalue weighted by Crippen LogP contribution is 2.17. The van der Waals surface area contributed by atoms with Gasteiger partial charge in [0.2, 0.25) is 0 Å². The lowest BCUT2D eigenvalue weighted by Crippen LogP contribution is -2.52. The van der Waals surface area contributed by atoms with E-state index in [1.807, 2.05) is 30.1 Å². The molecule has 0 spiro atoms. The number of likely N-dealkylation sites (N-methyl/N-ethyl adjacent to an activating group) is 1. The van der Waals surface area contributed by atoms with Crippen molar-refractivity contribution < 1.29 is 4.79 Å². The van der Waals surface area contributed by atoms with E-state index in [2.05, 4.69) is 33.3 Å². The van der Waals surface area contributed by atoms with E-state index in [1.54, 1.807) is 0 Å². The normalized spacial score (nSPS) is 17.7. The van der Waals surface area contributed by atoms with E-state index < -0.39 is 0 Å². The predicted molar refractivity (Wildman–Crippen MR) is 75.4 cm³/mol. The Balaban J connectivity index is 1.97. The fraction of sp³-hybridized carbons (Fsp3) is 0.462. The molecular weight excluding hydrogens is 294 g/mol. The van der Waals surface area contributed by atoms with Gasteiger partial charge in [0.05, 0.1) is 0 Å². The Labute approximate surface area is 116 Å². The van der Waals surface area contributed by atoms with Gasteiger partial charge in [0, 0.05) is 36.2 Å². The van der Waals surface area contributed by atoms with Crippen molar-refractivity contribution in [3.05, 3.63) is 33.8 Å². The number of nitrogens with zero attached hydrogens (tertiary/aromatic N) is 2. The van der Waals surface area contributed by atoms with E-state index in [1.165, 1.54) is 0 Å². The lowest BCUT2D eigenvalue weighted by Gasteiger charge is -2.32. The van der Waals surface area contributed by atoms with Gasteiger partial charge in [-0.3, -0.25) is 10.2 Å². The van der Waals surface area contributed by atoms with Gasteiger partial charge < -0.3 is 4.90 Å². The molecule has 0 aromatic heterocycles.